The molecule has 4 rings (SSSR count). The molecule has 0 saturated heterocycles. The predicted molar refractivity (Wildman–Crippen MR) is 154 cm³/mol. The number of ether oxygens (including phenoxy) is 1. The van der Waals surface area contributed by atoms with Crippen LogP contribution in [0.1, 0.15) is 57.8 Å². The minimum atomic E-state index is -1.10. The SMILES string of the molecule is CC[C@@H](C)[C@@H]1NC(=O)[C@@H](NC(=O)[C@H](CC(C)C)N(C)C)[C@@H](c2ccccc2)Oc2ccc(cc2)C=CNC1=O. The molecule has 0 aromatic heterocycles. The average Bonchev–Trinajstić information content (AvgIpc) is 2.92. The maximum Gasteiger partial charge on any atom is 0.247 e. The van der Waals surface area contributed by atoms with E-state index >= 15 is 0 Å². The van der Waals surface area contributed by atoms with Crippen LogP contribution in [0, 0.1) is 11.8 Å². The van der Waals surface area contributed by atoms with Crippen LogP contribution in [0.5, 0.6) is 5.75 Å². The monoisotopic (exact) mass is 534 g/mol. The molecule has 3 N–H and O–H groups in total. The van der Waals surface area contributed by atoms with Crippen LogP contribution in [0.15, 0.2) is 60.8 Å². The number of carbonyl (C=O) groups is 3. The van der Waals surface area contributed by atoms with E-state index < -0.39 is 30.1 Å². The smallest absolute Gasteiger partial charge is 0.247 e. The van der Waals surface area contributed by atoms with Gasteiger partial charge < -0.3 is 20.7 Å². The molecule has 2 aromatic carbocycles. The molecule has 0 saturated carbocycles. The van der Waals surface area contributed by atoms with E-state index in [1.54, 1.807) is 12.3 Å². The fraction of sp³-hybridized carbons (Fsp3) is 0.452. The van der Waals surface area contributed by atoms with Crippen LogP contribution in [-0.2, 0) is 14.4 Å². The van der Waals surface area contributed by atoms with Crippen molar-refractivity contribution in [2.45, 2.75) is 64.8 Å². The molecule has 5 atom stereocenters. The molecule has 3 amide bonds. The standard InChI is InChI=1S/C31H42N4O4/c1-7-21(4)26-30(37)32-18-17-22-13-15-24(16-14-22)39-28(23-11-9-8-10-12-23)27(31(38)33-26)34-29(36)25(35(5)6)19-20(2)3/h8-18,20-21,25-28H,7,19H2,1-6H3,(H,32,37)(H,33,38)(H,34,36)/t21-,25+,26+,27+,28-/m1/s1. The maximum atomic E-state index is 14.0. The summed E-state index contributed by atoms with van der Waals surface area (Å²) in [6.07, 6.45) is 3.81. The van der Waals surface area contributed by atoms with E-state index in [4.69, 9.17) is 4.74 Å². The Labute approximate surface area is 232 Å². The van der Waals surface area contributed by atoms with E-state index in [0.717, 1.165) is 11.1 Å². The number of hydrogen-bond acceptors (Lipinski definition) is 5. The second kappa shape index (κ2) is 13.9. The van der Waals surface area contributed by atoms with Crippen molar-refractivity contribution >= 4 is 23.8 Å². The third-order valence-electron chi connectivity index (χ3n) is 7.07. The Balaban J connectivity index is 2.11. The Morgan fingerprint density at radius 1 is 1.00 bits per heavy atom. The molecule has 0 fully saturated rings. The molecule has 2 aromatic rings. The number of nitrogens with one attached hydrogen (secondary N) is 3. The van der Waals surface area contributed by atoms with E-state index in [1.165, 1.54) is 0 Å². The number of carbonyl (C=O) groups excluding carboxylic acids is 3. The molecule has 2 heterocycles. The third-order valence-corrected chi connectivity index (χ3v) is 7.07. The molecule has 8 nitrogen and oxygen atoms in total. The van der Waals surface area contributed by atoms with Crippen LogP contribution in [0.25, 0.3) is 6.08 Å². The normalized spacial score (nSPS) is 21.5. The van der Waals surface area contributed by atoms with Gasteiger partial charge in [0, 0.05) is 6.20 Å². The van der Waals surface area contributed by atoms with Crippen molar-refractivity contribution in [3.8, 4) is 5.75 Å². The Morgan fingerprint density at radius 3 is 2.26 bits per heavy atom. The molecule has 210 valence electrons. The quantitative estimate of drug-likeness (QED) is 0.477. The van der Waals surface area contributed by atoms with E-state index in [9.17, 15) is 14.4 Å². The predicted octanol–water partition coefficient (Wildman–Crippen LogP) is 3.90. The summed E-state index contributed by atoms with van der Waals surface area (Å²) < 4.78 is 6.44. The summed E-state index contributed by atoms with van der Waals surface area (Å²) in [5.74, 6) is -0.405. The first-order chi connectivity index (χ1) is 18.6. The molecule has 0 radical (unpaired) electrons. The van der Waals surface area contributed by atoms with Crippen molar-refractivity contribution in [3.63, 3.8) is 0 Å². The van der Waals surface area contributed by atoms with Crippen molar-refractivity contribution in [2.75, 3.05) is 14.1 Å². The van der Waals surface area contributed by atoms with Crippen LogP contribution in [0.4, 0.5) is 0 Å². The number of rotatable bonds is 8. The van der Waals surface area contributed by atoms with Crippen LogP contribution < -0.4 is 20.7 Å². The van der Waals surface area contributed by atoms with Gasteiger partial charge >= 0.3 is 0 Å². The van der Waals surface area contributed by atoms with Gasteiger partial charge in [0.1, 0.15) is 17.8 Å². The van der Waals surface area contributed by atoms with E-state index in [0.29, 0.717) is 18.6 Å². The van der Waals surface area contributed by atoms with E-state index in [2.05, 4.69) is 29.8 Å². The van der Waals surface area contributed by atoms with Crippen molar-refractivity contribution in [1.29, 1.82) is 0 Å². The summed E-state index contributed by atoms with van der Waals surface area (Å²) in [5, 5.41) is 8.74. The van der Waals surface area contributed by atoms with Gasteiger partial charge in [-0.25, -0.2) is 0 Å². The number of likely N-dealkylation sites (N-methyl/N-ethyl adjacent to an activating group) is 1. The van der Waals surface area contributed by atoms with Crippen molar-refractivity contribution in [1.82, 2.24) is 20.9 Å². The lowest BCUT2D eigenvalue weighted by molar-refractivity contribution is -0.136. The zero-order valence-electron chi connectivity index (χ0n) is 23.8. The number of amides is 3. The zero-order valence-corrected chi connectivity index (χ0v) is 23.8. The Morgan fingerprint density at radius 2 is 1.67 bits per heavy atom. The first-order valence-corrected chi connectivity index (χ1v) is 13.7. The third kappa shape index (κ3) is 8.17. The average molecular weight is 535 g/mol. The fourth-order valence-electron chi connectivity index (χ4n) is 4.56. The van der Waals surface area contributed by atoms with E-state index in [1.807, 2.05) is 87.4 Å². The Hall–Kier alpha value is -3.65. The van der Waals surface area contributed by atoms with Crippen molar-refractivity contribution in [2.24, 2.45) is 11.8 Å². The molecule has 2 aliphatic rings. The van der Waals surface area contributed by atoms with Crippen LogP contribution in [0.3, 0.4) is 0 Å². The summed E-state index contributed by atoms with van der Waals surface area (Å²) in [6.45, 7) is 8.00. The number of fused-ring (bicyclic) bond motifs is 10. The molecule has 2 aliphatic heterocycles. The summed E-state index contributed by atoms with van der Waals surface area (Å²) in [4.78, 5) is 42.7. The molecule has 0 unspecified atom stereocenters. The Bertz CT molecular complexity index is 1130. The molecule has 2 bridgehead atoms. The summed E-state index contributed by atoms with van der Waals surface area (Å²) in [6, 6.07) is 14.4. The lowest BCUT2D eigenvalue weighted by Crippen LogP contribution is -2.59. The van der Waals surface area contributed by atoms with E-state index in [-0.39, 0.29) is 23.7 Å². The van der Waals surface area contributed by atoms with Gasteiger partial charge in [-0.1, -0.05) is 76.6 Å². The second-order valence-electron chi connectivity index (χ2n) is 10.8. The lowest BCUT2D eigenvalue weighted by atomic mass is 9.95. The molecular formula is C31H42N4O4. The minimum absolute atomic E-state index is 0.142. The first-order valence-electron chi connectivity index (χ1n) is 13.7. The largest absolute Gasteiger partial charge is 0.483 e. The maximum absolute atomic E-state index is 14.0. The van der Waals surface area contributed by atoms with Gasteiger partial charge in [0.2, 0.25) is 17.7 Å². The minimum Gasteiger partial charge on any atom is -0.483 e. The second-order valence-corrected chi connectivity index (χ2v) is 10.8. The molecule has 39 heavy (non-hydrogen) atoms. The van der Waals surface area contributed by atoms with Gasteiger partial charge in [0.25, 0.3) is 0 Å². The van der Waals surface area contributed by atoms with Gasteiger partial charge in [-0.2, -0.15) is 0 Å². The highest BCUT2D eigenvalue weighted by molar-refractivity contribution is 5.94. The molecule has 0 spiro atoms. The lowest BCUT2D eigenvalue weighted by Gasteiger charge is -2.33. The van der Waals surface area contributed by atoms with Gasteiger partial charge in [0.05, 0.1) is 6.04 Å². The van der Waals surface area contributed by atoms with Gasteiger partial charge in [-0.05, 0) is 61.7 Å². The van der Waals surface area contributed by atoms with Crippen LogP contribution in [0.2, 0.25) is 0 Å². The number of nitrogens with zero attached hydrogens (tertiary/aromatic N) is 1. The highest BCUT2D eigenvalue weighted by Crippen LogP contribution is 2.27. The highest BCUT2D eigenvalue weighted by Gasteiger charge is 2.38. The Kier molecular flexibility index (Phi) is 10.7. The molecular weight excluding hydrogens is 492 g/mol. The van der Waals surface area contributed by atoms with Gasteiger partial charge in [0.15, 0.2) is 6.10 Å². The molecule has 8 heteroatoms. The van der Waals surface area contributed by atoms with Crippen LogP contribution in [-0.4, -0.2) is 54.8 Å². The summed E-state index contributed by atoms with van der Waals surface area (Å²) in [7, 11) is 3.70. The van der Waals surface area contributed by atoms with Gasteiger partial charge in [-0.3, -0.25) is 19.3 Å². The highest BCUT2D eigenvalue weighted by atomic mass is 16.5. The fourth-order valence-corrected chi connectivity index (χ4v) is 4.56. The summed E-state index contributed by atoms with van der Waals surface area (Å²) in [5.41, 5.74) is 1.61. The summed E-state index contributed by atoms with van der Waals surface area (Å²) >= 11 is 0. The molecule has 0 aliphatic carbocycles. The topological polar surface area (TPSA) is 99.8 Å². The number of hydrogen-bond donors (Lipinski definition) is 3. The number of benzene rings is 2. The van der Waals surface area contributed by atoms with Crippen molar-refractivity contribution < 1.29 is 19.1 Å². The first kappa shape index (κ1) is 29.9. The van der Waals surface area contributed by atoms with Crippen LogP contribution >= 0.6 is 0 Å². The van der Waals surface area contributed by atoms with Gasteiger partial charge in [-0.15, -0.1) is 0 Å². The zero-order chi connectivity index (χ0) is 28.5. The van der Waals surface area contributed by atoms with Crippen molar-refractivity contribution in [3.05, 3.63) is 71.9 Å².